The summed E-state index contributed by atoms with van der Waals surface area (Å²) in [7, 11) is 0. The molecule has 3 nitrogen and oxygen atoms in total. The van der Waals surface area contributed by atoms with E-state index in [1.807, 2.05) is 39.0 Å². The number of halogens is 1. The maximum Gasteiger partial charge on any atom is 0.211 e. The first-order valence-corrected chi connectivity index (χ1v) is 6.64. The van der Waals surface area contributed by atoms with Gasteiger partial charge in [-0.1, -0.05) is 15.9 Å². The Kier molecular flexibility index (Phi) is 3.66. The van der Waals surface area contributed by atoms with E-state index in [-0.39, 0.29) is 11.8 Å². The van der Waals surface area contributed by atoms with Crippen molar-refractivity contribution in [2.24, 2.45) is 0 Å². The maximum absolute atomic E-state index is 12.5. The van der Waals surface area contributed by atoms with Crippen LogP contribution in [0, 0.1) is 6.92 Å². The summed E-state index contributed by atoms with van der Waals surface area (Å²) < 4.78 is 2.73. The number of aryl methyl sites for hydroxylation is 1. The molecule has 0 saturated carbocycles. The lowest BCUT2D eigenvalue weighted by molar-refractivity contribution is 0.102. The van der Waals surface area contributed by atoms with Gasteiger partial charge in [0.2, 0.25) is 5.78 Å². The highest BCUT2D eigenvalue weighted by Crippen LogP contribution is 2.20. The number of hydrogen-bond acceptors (Lipinski definition) is 2. The van der Waals surface area contributed by atoms with Gasteiger partial charge in [-0.05, 0) is 50.6 Å². The minimum atomic E-state index is 0.0196. The zero-order chi connectivity index (χ0) is 13.3. The van der Waals surface area contributed by atoms with Gasteiger partial charge in [-0.2, -0.15) is 5.10 Å². The van der Waals surface area contributed by atoms with Crippen molar-refractivity contribution in [2.45, 2.75) is 26.8 Å². The van der Waals surface area contributed by atoms with Crippen molar-refractivity contribution in [3.8, 4) is 0 Å². The van der Waals surface area contributed by atoms with Crippen LogP contribution in [0.3, 0.4) is 0 Å². The maximum atomic E-state index is 12.5. The van der Waals surface area contributed by atoms with Gasteiger partial charge in [-0.25, -0.2) is 0 Å². The molecule has 0 fully saturated rings. The number of carbonyl (C=O) groups excluding carboxylic acids is 1. The summed E-state index contributed by atoms with van der Waals surface area (Å²) in [6.07, 6.45) is 1.67. The smallest absolute Gasteiger partial charge is 0.211 e. The highest BCUT2D eigenvalue weighted by Gasteiger charge is 2.17. The Balaban J connectivity index is 2.45. The molecule has 18 heavy (non-hydrogen) atoms. The van der Waals surface area contributed by atoms with E-state index in [1.54, 1.807) is 16.9 Å². The number of rotatable bonds is 3. The molecule has 0 saturated heterocycles. The second-order valence-electron chi connectivity index (χ2n) is 4.54. The van der Waals surface area contributed by atoms with E-state index in [0.29, 0.717) is 5.69 Å². The minimum absolute atomic E-state index is 0.0196. The summed E-state index contributed by atoms with van der Waals surface area (Å²) in [5.74, 6) is 0.0196. The molecule has 2 rings (SSSR count). The zero-order valence-corrected chi connectivity index (χ0v) is 12.2. The fourth-order valence-corrected chi connectivity index (χ4v) is 2.40. The molecule has 0 N–H and O–H groups in total. The molecule has 0 radical (unpaired) electrons. The van der Waals surface area contributed by atoms with Crippen LogP contribution in [0.15, 0.2) is 34.9 Å². The van der Waals surface area contributed by atoms with E-state index in [9.17, 15) is 4.79 Å². The van der Waals surface area contributed by atoms with Gasteiger partial charge in [0, 0.05) is 22.3 Å². The second-order valence-corrected chi connectivity index (χ2v) is 5.46. The van der Waals surface area contributed by atoms with Crippen LogP contribution in [-0.4, -0.2) is 15.6 Å². The van der Waals surface area contributed by atoms with Crippen molar-refractivity contribution < 1.29 is 4.79 Å². The Hall–Kier alpha value is -1.42. The third kappa shape index (κ3) is 2.38. The van der Waals surface area contributed by atoms with E-state index in [0.717, 1.165) is 15.6 Å². The van der Waals surface area contributed by atoms with Crippen LogP contribution in [0.2, 0.25) is 0 Å². The Morgan fingerprint density at radius 1 is 1.33 bits per heavy atom. The molecular formula is C14H15BrN2O. The summed E-state index contributed by atoms with van der Waals surface area (Å²) >= 11 is 3.40. The van der Waals surface area contributed by atoms with Crippen molar-refractivity contribution >= 4 is 21.7 Å². The predicted molar refractivity (Wildman–Crippen MR) is 74.9 cm³/mol. The molecule has 0 atom stereocenters. The molecule has 0 amide bonds. The molecule has 94 valence electrons. The van der Waals surface area contributed by atoms with Crippen molar-refractivity contribution in [3.63, 3.8) is 0 Å². The van der Waals surface area contributed by atoms with E-state index >= 15 is 0 Å². The number of hydrogen-bond donors (Lipinski definition) is 0. The summed E-state index contributed by atoms with van der Waals surface area (Å²) in [6.45, 7) is 5.96. The number of carbonyl (C=O) groups is 1. The molecule has 0 aliphatic carbocycles. The fourth-order valence-electron chi connectivity index (χ4n) is 1.93. The van der Waals surface area contributed by atoms with E-state index in [1.165, 1.54) is 0 Å². The monoisotopic (exact) mass is 306 g/mol. The second kappa shape index (κ2) is 5.06. The van der Waals surface area contributed by atoms with Crippen molar-refractivity contribution in [2.75, 3.05) is 0 Å². The number of aromatic nitrogens is 2. The van der Waals surface area contributed by atoms with Gasteiger partial charge in [-0.15, -0.1) is 0 Å². The molecule has 2 aromatic rings. The first-order valence-electron chi connectivity index (χ1n) is 5.85. The van der Waals surface area contributed by atoms with Gasteiger partial charge in [0.25, 0.3) is 0 Å². The SMILES string of the molecule is Cc1cc(Br)ccc1C(=O)c1ccnn1C(C)C. The Labute approximate surface area is 115 Å². The Bertz CT molecular complexity index is 587. The molecule has 0 aliphatic rings. The molecule has 0 unspecified atom stereocenters. The molecule has 0 aliphatic heterocycles. The largest absolute Gasteiger partial charge is 0.287 e. The average molecular weight is 307 g/mol. The number of benzene rings is 1. The number of nitrogens with zero attached hydrogens (tertiary/aromatic N) is 2. The molecule has 1 aromatic carbocycles. The highest BCUT2D eigenvalue weighted by atomic mass is 79.9. The lowest BCUT2D eigenvalue weighted by Gasteiger charge is -2.11. The fraction of sp³-hybridized carbons (Fsp3) is 0.286. The van der Waals surface area contributed by atoms with Gasteiger partial charge in [0.15, 0.2) is 0 Å². The van der Waals surface area contributed by atoms with Crippen LogP contribution in [0.5, 0.6) is 0 Å². The van der Waals surface area contributed by atoms with Gasteiger partial charge in [-0.3, -0.25) is 9.48 Å². The van der Waals surface area contributed by atoms with Crippen LogP contribution in [-0.2, 0) is 0 Å². The van der Waals surface area contributed by atoms with Crippen molar-refractivity contribution in [1.29, 1.82) is 0 Å². The predicted octanol–water partition coefficient (Wildman–Crippen LogP) is 3.77. The van der Waals surface area contributed by atoms with Crippen molar-refractivity contribution in [1.82, 2.24) is 9.78 Å². The molecular weight excluding hydrogens is 292 g/mol. The van der Waals surface area contributed by atoms with E-state index < -0.39 is 0 Å². The molecule has 1 heterocycles. The summed E-state index contributed by atoms with van der Waals surface area (Å²) in [4.78, 5) is 12.5. The molecule has 1 aromatic heterocycles. The van der Waals surface area contributed by atoms with Gasteiger partial charge < -0.3 is 0 Å². The van der Waals surface area contributed by atoms with E-state index in [4.69, 9.17) is 0 Å². The summed E-state index contributed by atoms with van der Waals surface area (Å²) in [5.41, 5.74) is 2.32. The Morgan fingerprint density at radius 3 is 2.67 bits per heavy atom. The standard InChI is InChI=1S/C14H15BrN2O/c1-9(2)17-13(6-7-16-17)14(18)12-5-4-11(15)8-10(12)3/h4-9H,1-3H3. The first kappa shape index (κ1) is 13.0. The van der Waals surface area contributed by atoms with Crippen LogP contribution in [0.4, 0.5) is 0 Å². The lowest BCUT2D eigenvalue weighted by Crippen LogP contribution is -2.14. The minimum Gasteiger partial charge on any atom is -0.287 e. The molecule has 4 heteroatoms. The lowest BCUT2D eigenvalue weighted by atomic mass is 10.0. The van der Waals surface area contributed by atoms with Crippen molar-refractivity contribution in [3.05, 3.63) is 51.8 Å². The molecule has 0 spiro atoms. The average Bonchev–Trinajstić information content (AvgIpc) is 2.77. The van der Waals surface area contributed by atoms with Gasteiger partial charge in [0.05, 0.1) is 0 Å². The quantitative estimate of drug-likeness (QED) is 0.809. The number of ketones is 1. The summed E-state index contributed by atoms with van der Waals surface area (Å²) in [6, 6.07) is 7.62. The topological polar surface area (TPSA) is 34.9 Å². The van der Waals surface area contributed by atoms with Crippen LogP contribution >= 0.6 is 15.9 Å². The van der Waals surface area contributed by atoms with Crippen LogP contribution < -0.4 is 0 Å². The third-order valence-corrected chi connectivity index (χ3v) is 3.32. The third-order valence-electron chi connectivity index (χ3n) is 2.83. The van der Waals surface area contributed by atoms with Gasteiger partial charge in [0.1, 0.15) is 5.69 Å². The Morgan fingerprint density at radius 2 is 2.06 bits per heavy atom. The van der Waals surface area contributed by atoms with Crippen LogP contribution in [0.25, 0.3) is 0 Å². The summed E-state index contributed by atoms with van der Waals surface area (Å²) in [5, 5.41) is 4.20. The van der Waals surface area contributed by atoms with E-state index in [2.05, 4.69) is 21.0 Å². The normalized spacial score (nSPS) is 10.9. The first-order chi connectivity index (χ1) is 8.50. The molecule has 0 bridgehead atoms. The highest BCUT2D eigenvalue weighted by molar-refractivity contribution is 9.10. The zero-order valence-electron chi connectivity index (χ0n) is 10.6. The van der Waals surface area contributed by atoms with Crippen LogP contribution in [0.1, 0.15) is 41.5 Å². The van der Waals surface area contributed by atoms with Gasteiger partial charge >= 0.3 is 0 Å².